The van der Waals surface area contributed by atoms with E-state index >= 15 is 0 Å². The molecule has 0 radical (unpaired) electrons. The largest absolute Gasteiger partial charge is 0.490 e. The van der Waals surface area contributed by atoms with Crippen LogP contribution in [0, 0.1) is 35.5 Å². The lowest BCUT2D eigenvalue weighted by Crippen LogP contribution is -2.59. The van der Waals surface area contributed by atoms with Crippen molar-refractivity contribution in [2.75, 3.05) is 14.2 Å². The monoisotopic (exact) mass is 861 g/mol. The van der Waals surface area contributed by atoms with Crippen molar-refractivity contribution in [3.63, 3.8) is 0 Å². The minimum atomic E-state index is -2.00. The van der Waals surface area contributed by atoms with Crippen LogP contribution < -0.4 is 5.73 Å². The fraction of sp³-hybridized carbons (Fsp3) is 0.696. The summed E-state index contributed by atoms with van der Waals surface area (Å²) in [4.78, 5) is 51.8. The molecule has 3 heterocycles. The van der Waals surface area contributed by atoms with Crippen LogP contribution in [0.3, 0.4) is 0 Å². The highest BCUT2D eigenvalue weighted by Crippen LogP contribution is 2.42. The van der Waals surface area contributed by atoms with Crippen molar-refractivity contribution in [2.45, 2.75) is 156 Å². The summed E-state index contributed by atoms with van der Waals surface area (Å²) in [6.45, 7) is 17.7. The maximum atomic E-state index is 13.9. The Morgan fingerprint density at radius 1 is 1.10 bits per heavy atom. The average molecular weight is 862 g/mol. The van der Waals surface area contributed by atoms with Crippen LogP contribution in [0.15, 0.2) is 59.4 Å². The third-order valence-electron chi connectivity index (χ3n) is 12.3. The molecular formula is C46H71NO14. The predicted molar refractivity (Wildman–Crippen MR) is 226 cm³/mol. The number of allylic oxidation sites excluding steroid dienone is 6. The van der Waals surface area contributed by atoms with Gasteiger partial charge < -0.3 is 54.2 Å². The molecule has 3 rings (SSSR count). The average Bonchev–Trinajstić information content (AvgIpc) is 3.19. The molecule has 5 N–H and O–H groups in total. The fourth-order valence-electron chi connectivity index (χ4n) is 8.60. The van der Waals surface area contributed by atoms with Gasteiger partial charge in [0.15, 0.2) is 24.0 Å². The molecule has 0 spiro atoms. The van der Waals surface area contributed by atoms with E-state index in [1.165, 1.54) is 20.3 Å². The zero-order valence-corrected chi connectivity index (χ0v) is 37.9. The lowest BCUT2D eigenvalue weighted by molar-refractivity contribution is -0.333. The molecular weight excluding hydrogens is 790 g/mol. The van der Waals surface area contributed by atoms with Gasteiger partial charge in [-0.15, -0.1) is 0 Å². The van der Waals surface area contributed by atoms with Crippen molar-refractivity contribution in [1.82, 2.24) is 0 Å². The minimum Gasteiger partial charge on any atom is -0.490 e. The Kier molecular flexibility index (Phi) is 19.6. The fourth-order valence-corrected chi connectivity index (χ4v) is 8.60. The number of ether oxygens (including phenoxy) is 7. The SMILES string of the molecule is C/C=C/[C@H]1O[C@@](O)([C@@H](C)[C@H](O)[C@H](C)[C@H]2OC(=O)/C(OC)=C/C(C)=C/[C@@H](C)[C@@H](O)[C@@H](CC)C(=O)[C@H](C)C/C(C)=C/C=C/[C@@H]2OC)C[C@@H](O[C@@H]2CC(=O)[C@@H](OC(N)=O)[C@H](C)O2)[C@@H]1C. The Hall–Kier alpha value is -3.70. The molecule has 2 fully saturated rings. The zero-order chi connectivity index (χ0) is 45.9. The topological polar surface area (TPSA) is 220 Å². The minimum absolute atomic E-state index is 0.0282. The molecule has 61 heavy (non-hydrogen) atoms. The third-order valence-corrected chi connectivity index (χ3v) is 12.3. The molecule has 0 aromatic carbocycles. The first-order chi connectivity index (χ1) is 28.6. The van der Waals surface area contributed by atoms with E-state index in [0.717, 1.165) is 5.57 Å². The summed E-state index contributed by atoms with van der Waals surface area (Å²) in [6.07, 6.45) is 2.70. The number of amides is 1. The van der Waals surface area contributed by atoms with Crippen molar-refractivity contribution in [3.8, 4) is 0 Å². The van der Waals surface area contributed by atoms with Crippen LogP contribution in [0.25, 0.3) is 0 Å². The summed E-state index contributed by atoms with van der Waals surface area (Å²) in [6, 6.07) is 0. The predicted octanol–water partition coefficient (Wildman–Crippen LogP) is 5.40. The maximum Gasteiger partial charge on any atom is 0.405 e. The number of primary amides is 1. The van der Waals surface area contributed by atoms with Crippen LogP contribution >= 0.6 is 0 Å². The molecule has 0 bridgehead atoms. The number of ketones is 2. The van der Waals surface area contributed by atoms with Gasteiger partial charge >= 0.3 is 12.1 Å². The number of esters is 1. The van der Waals surface area contributed by atoms with E-state index in [1.54, 1.807) is 65.0 Å². The van der Waals surface area contributed by atoms with Crippen LogP contribution in [0.5, 0.6) is 0 Å². The molecule has 0 aromatic rings. The van der Waals surface area contributed by atoms with Gasteiger partial charge in [-0.2, -0.15) is 0 Å². The molecule has 1 amide bonds. The highest BCUT2D eigenvalue weighted by Gasteiger charge is 2.52. The molecule has 15 nitrogen and oxygen atoms in total. The maximum absolute atomic E-state index is 13.9. The number of aliphatic hydroxyl groups excluding tert-OH is 2. The molecule has 0 saturated carbocycles. The Balaban J connectivity index is 2.01. The van der Waals surface area contributed by atoms with E-state index in [9.17, 15) is 34.5 Å². The number of hydrogen-bond donors (Lipinski definition) is 4. The van der Waals surface area contributed by atoms with E-state index in [2.05, 4.69) is 0 Å². The van der Waals surface area contributed by atoms with Gasteiger partial charge in [-0.3, -0.25) is 9.59 Å². The summed E-state index contributed by atoms with van der Waals surface area (Å²) in [5.74, 6) is -7.07. The number of rotatable bonds is 11. The standard InChI is InChI=1S/C46H71NO14/c1-13-16-34-28(7)37(58-38-22-33(48)43(31(10)57-38)60-45(47)53)23-46(54,61-34)30(9)41(51)29(8)42-35(55-11)18-15-17-24(3)19-26(5)39(49)32(14-2)40(50)27(6)20-25(4)21-36(56-12)44(52)59-42/h13,15-18,20-21,26-32,34-35,37-38,40-43,50-51,54H,14,19,22-23H2,1-12H3,(H2,47,53)/b16-13+,18-15+,24-17+,25-20+,36-21-/t26-,27-,28-,29+,30+,31+,32+,34-,35+,37-,38-,40-,41-,42-,43+,46-/m1/s1. The van der Waals surface area contributed by atoms with Gasteiger partial charge in [0.1, 0.15) is 24.1 Å². The second-order valence-electron chi connectivity index (χ2n) is 17.1. The van der Waals surface area contributed by atoms with E-state index in [4.69, 9.17) is 38.9 Å². The number of nitrogens with two attached hydrogens (primary N) is 1. The molecule has 3 aliphatic rings. The second kappa shape index (κ2) is 23.1. The Morgan fingerprint density at radius 3 is 2.34 bits per heavy atom. The van der Waals surface area contributed by atoms with Crippen molar-refractivity contribution in [2.24, 2.45) is 41.2 Å². The molecule has 0 unspecified atom stereocenters. The lowest BCUT2D eigenvalue weighted by Gasteiger charge is -2.49. The van der Waals surface area contributed by atoms with Crippen molar-refractivity contribution >= 4 is 23.6 Å². The Morgan fingerprint density at radius 2 is 1.77 bits per heavy atom. The normalized spacial score (nSPS) is 39.8. The molecule has 344 valence electrons. The summed E-state index contributed by atoms with van der Waals surface area (Å²) in [7, 11) is 2.77. The van der Waals surface area contributed by atoms with Crippen molar-refractivity contribution in [3.05, 3.63) is 59.4 Å². The zero-order valence-electron chi connectivity index (χ0n) is 37.9. The van der Waals surface area contributed by atoms with E-state index in [0.29, 0.717) is 18.4 Å². The number of carbonyl (C=O) groups excluding carboxylic acids is 4. The summed E-state index contributed by atoms with van der Waals surface area (Å²) < 4.78 is 41.1. The molecule has 3 aliphatic heterocycles. The number of cyclic esters (lactones) is 1. The molecule has 16 atom stereocenters. The summed E-state index contributed by atoms with van der Waals surface area (Å²) in [5.41, 5.74) is 6.64. The van der Waals surface area contributed by atoms with E-state index < -0.39 is 102 Å². The quantitative estimate of drug-likeness (QED) is 0.151. The third kappa shape index (κ3) is 13.4. The van der Waals surface area contributed by atoms with Crippen molar-refractivity contribution < 1.29 is 67.7 Å². The number of methoxy groups -OCH3 is 2. The van der Waals surface area contributed by atoms with Crippen LogP contribution in [0.4, 0.5) is 4.79 Å². The van der Waals surface area contributed by atoms with Gasteiger partial charge in [0.25, 0.3) is 0 Å². The summed E-state index contributed by atoms with van der Waals surface area (Å²) >= 11 is 0. The lowest BCUT2D eigenvalue weighted by atomic mass is 9.77. The van der Waals surface area contributed by atoms with Gasteiger partial charge in [-0.25, -0.2) is 9.59 Å². The summed E-state index contributed by atoms with van der Waals surface area (Å²) in [5, 5.41) is 35.8. The van der Waals surface area contributed by atoms with Gasteiger partial charge in [-0.1, -0.05) is 89.1 Å². The first kappa shape index (κ1) is 51.6. The smallest absolute Gasteiger partial charge is 0.405 e. The van der Waals surface area contributed by atoms with Crippen LogP contribution in [0.1, 0.15) is 94.9 Å². The van der Waals surface area contributed by atoms with Gasteiger partial charge in [0.2, 0.25) is 5.76 Å². The Bertz CT molecular complexity index is 1670. The van der Waals surface area contributed by atoms with E-state index in [-0.39, 0.29) is 36.2 Å². The van der Waals surface area contributed by atoms with Crippen LogP contribution in [0.2, 0.25) is 0 Å². The van der Waals surface area contributed by atoms with Gasteiger partial charge in [0.05, 0.1) is 37.9 Å². The number of Topliss-reactive ketones (excluding diaryl/α,β-unsaturated/α-hetero) is 2. The first-order valence-electron chi connectivity index (χ1n) is 21.4. The number of aliphatic hydroxyl groups is 3. The van der Waals surface area contributed by atoms with Crippen LogP contribution in [-0.4, -0.2) is 114 Å². The van der Waals surface area contributed by atoms with Gasteiger partial charge in [-0.05, 0) is 46.6 Å². The molecule has 0 aliphatic carbocycles. The molecule has 2 saturated heterocycles. The molecule has 0 aromatic heterocycles. The van der Waals surface area contributed by atoms with Gasteiger partial charge in [0, 0.05) is 49.0 Å². The van der Waals surface area contributed by atoms with Crippen LogP contribution in [-0.2, 0) is 47.5 Å². The first-order valence-corrected chi connectivity index (χ1v) is 21.4. The van der Waals surface area contributed by atoms with E-state index in [1.807, 2.05) is 40.7 Å². The van der Waals surface area contributed by atoms with Crippen molar-refractivity contribution in [1.29, 1.82) is 0 Å². The Labute approximate surface area is 361 Å². The highest BCUT2D eigenvalue weighted by molar-refractivity contribution is 5.87. The highest BCUT2D eigenvalue weighted by atomic mass is 16.7. The number of carbonyl (C=O) groups is 4. The number of hydrogen-bond acceptors (Lipinski definition) is 14. The second-order valence-corrected chi connectivity index (χ2v) is 17.1. The molecule has 15 heteroatoms.